The molecule has 4 rings (SSSR count). The van der Waals surface area contributed by atoms with Crippen LogP contribution in [0.4, 0.5) is 10.2 Å². The number of alkyl halides is 1. The summed E-state index contributed by atoms with van der Waals surface area (Å²) in [6, 6.07) is 4.24. The minimum Gasteiger partial charge on any atom is -0.351 e. The lowest BCUT2D eigenvalue weighted by molar-refractivity contribution is 0.105. The third-order valence-corrected chi connectivity index (χ3v) is 5.65. The van der Waals surface area contributed by atoms with Crippen LogP contribution in [0.2, 0.25) is 0 Å². The van der Waals surface area contributed by atoms with Crippen molar-refractivity contribution in [1.29, 1.82) is 0 Å². The van der Waals surface area contributed by atoms with Gasteiger partial charge in [0.25, 0.3) is 0 Å². The second-order valence-electron chi connectivity index (χ2n) is 7.03. The molecule has 2 fully saturated rings. The van der Waals surface area contributed by atoms with Gasteiger partial charge in [0.15, 0.2) is 0 Å². The molecular formula is C16H23FN4. The molecule has 4 nitrogen and oxygen atoms in total. The first-order valence-corrected chi connectivity index (χ1v) is 7.90. The zero-order valence-corrected chi connectivity index (χ0v) is 12.6. The largest absolute Gasteiger partial charge is 0.351 e. The highest BCUT2D eigenvalue weighted by molar-refractivity contribution is 5.47. The Bertz CT molecular complexity index is 547. The summed E-state index contributed by atoms with van der Waals surface area (Å²) < 4.78 is 13.0. The number of likely N-dealkylation sites (tertiary alicyclic amines) is 1. The lowest BCUT2D eigenvalue weighted by atomic mass is 9.73. The normalized spacial score (nSPS) is 28.7. The van der Waals surface area contributed by atoms with Crippen molar-refractivity contribution < 1.29 is 4.39 Å². The van der Waals surface area contributed by atoms with Crippen molar-refractivity contribution in [3.05, 3.63) is 23.4 Å². The fourth-order valence-corrected chi connectivity index (χ4v) is 4.04. The first-order chi connectivity index (χ1) is 10.1. The average Bonchev–Trinajstić information content (AvgIpc) is 2.71. The van der Waals surface area contributed by atoms with Crippen LogP contribution in [-0.4, -0.2) is 49.3 Å². The third kappa shape index (κ3) is 2.06. The molecule has 3 aliphatic rings. The molecule has 0 radical (unpaired) electrons. The van der Waals surface area contributed by atoms with Crippen LogP contribution in [-0.2, 0) is 6.42 Å². The standard InChI is InChI=1S/C16H23FN4/c1-20-6-4-16(5-7-20)8-13-12(15(16)18)2-3-14(19-13)21-9-11(17)10-21/h2-3,11,15H,4-10,18H2,1H3/t15-/m1/s1. The number of nitrogens with two attached hydrogens (primary N) is 1. The van der Waals surface area contributed by atoms with E-state index in [0.717, 1.165) is 43.9 Å². The van der Waals surface area contributed by atoms with E-state index in [-0.39, 0.29) is 11.5 Å². The smallest absolute Gasteiger partial charge is 0.135 e. The Hall–Kier alpha value is -1.20. The van der Waals surface area contributed by atoms with Crippen LogP contribution in [0.3, 0.4) is 0 Å². The molecule has 5 heteroatoms. The minimum atomic E-state index is -0.692. The molecule has 1 atom stereocenters. The van der Waals surface area contributed by atoms with Crippen molar-refractivity contribution in [2.75, 3.05) is 38.1 Å². The molecule has 2 aliphatic heterocycles. The van der Waals surface area contributed by atoms with Crippen LogP contribution in [0.1, 0.15) is 30.1 Å². The maximum Gasteiger partial charge on any atom is 0.135 e. The van der Waals surface area contributed by atoms with E-state index in [9.17, 15) is 4.39 Å². The van der Waals surface area contributed by atoms with Gasteiger partial charge in [0.1, 0.15) is 12.0 Å². The first-order valence-electron chi connectivity index (χ1n) is 7.90. The second kappa shape index (κ2) is 4.65. The lowest BCUT2D eigenvalue weighted by Gasteiger charge is -2.40. The van der Waals surface area contributed by atoms with E-state index < -0.39 is 6.17 Å². The molecule has 21 heavy (non-hydrogen) atoms. The molecule has 1 aromatic heterocycles. The van der Waals surface area contributed by atoms with Crippen molar-refractivity contribution in [3.8, 4) is 0 Å². The molecule has 2 N–H and O–H groups in total. The number of hydrogen-bond donors (Lipinski definition) is 1. The van der Waals surface area contributed by atoms with Crippen molar-refractivity contribution in [1.82, 2.24) is 9.88 Å². The van der Waals surface area contributed by atoms with Gasteiger partial charge in [-0.25, -0.2) is 9.37 Å². The van der Waals surface area contributed by atoms with Gasteiger partial charge >= 0.3 is 0 Å². The van der Waals surface area contributed by atoms with Gasteiger partial charge in [0.2, 0.25) is 0 Å². The first kappa shape index (κ1) is 13.5. The summed E-state index contributed by atoms with van der Waals surface area (Å²) in [5, 5.41) is 0. The number of aromatic nitrogens is 1. The fourth-order valence-electron chi connectivity index (χ4n) is 4.04. The molecule has 0 saturated carbocycles. The van der Waals surface area contributed by atoms with Crippen LogP contribution in [0.5, 0.6) is 0 Å². The maximum atomic E-state index is 13.0. The van der Waals surface area contributed by atoms with Crippen molar-refractivity contribution in [2.45, 2.75) is 31.5 Å². The van der Waals surface area contributed by atoms with Gasteiger partial charge in [0, 0.05) is 11.7 Å². The summed E-state index contributed by atoms with van der Waals surface area (Å²) in [7, 11) is 2.17. The Morgan fingerprint density at radius 2 is 2.00 bits per heavy atom. The molecule has 0 amide bonds. The van der Waals surface area contributed by atoms with Crippen molar-refractivity contribution in [3.63, 3.8) is 0 Å². The van der Waals surface area contributed by atoms with Crippen LogP contribution < -0.4 is 10.6 Å². The minimum absolute atomic E-state index is 0.105. The predicted octanol–water partition coefficient (Wildman–Crippen LogP) is 1.51. The topological polar surface area (TPSA) is 45.4 Å². The van der Waals surface area contributed by atoms with E-state index in [2.05, 4.69) is 18.0 Å². The van der Waals surface area contributed by atoms with E-state index in [4.69, 9.17) is 10.7 Å². The summed E-state index contributed by atoms with van der Waals surface area (Å²) >= 11 is 0. The van der Waals surface area contributed by atoms with Crippen LogP contribution >= 0.6 is 0 Å². The van der Waals surface area contributed by atoms with Crippen molar-refractivity contribution >= 4 is 5.82 Å². The molecule has 3 heterocycles. The summed E-state index contributed by atoms with van der Waals surface area (Å²) in [5.41, 5.74) is 9.11. The number of piperidine rings is 1. The van der Waals surface area contributed by atoms with Gasteiger partial charge in [-0.1, -0.05) is 6.07 Å². The number of halogens is 1. The third-order valence-electron chi connectivity index (χ3n) is 5.65. The number of anilines is 1. The van der Waals surface area contributed by atoms with Gasteiger partial charge in [-0.05, 0) is 56.4 Å². The number of fused-ring (bicyclic) bond motifs is 1. The second-order valence-corrected chi connectivity index (χ2v) is 7.03. The Labute approximate surface area is 125 Å². The van der Waals surface area contributed by atoms with Crippen LogP contribution in [0.25, 0.3) is 0 Å². The summed E-state index contributed by atoms with van der Waals surface area (Å²) in [5.74, 6) is 0.917. The lowest BCUT2D eigenvalue weighted by Crippen LogP contribution is -2.48. The summed E-state index contributed by atoms with van der Waals surface area (Å²) in [6.45, 7) is 3.19. The zero-order chi connectivity index (χ0) is 14.6. The molecule has 1 aliphatic carbocycles. The number of pyridine rings is 1. The molecule has 2 saturated heterocycles. The Kier molecular flexibility index (Phi) is 2.98. The van der Waals surface area contributed by atoms with E-state index in [1.165, 1.54) is 5.56 Å². The van der Waals surface area contributed by atoms with E-state index >= 15 is 0 Å². The van der Waals surface area contributed by atoms with Crippen LogP contribution in [0.15, 0.2) is 12.1 Å². The monoisotopic (exact) mass is 290 g/mol. The zero-order valence-electron chi connectivity index (χ0n) is 12.6. The molecule has 0 bridgehead atoms. The average molecular weight is 290 g/mol. The highest BCUT2D eigenvalue weighted by Crippen LogP contribution is 2.50. The molecule has 114 valence electrons. The SMILES string of the molecule is CN1CCC2(CC1)Cc1nc(N3CC(F)C3)ccc1[C@H]2N. The van der Waals surface area contributed by atoms with Gasteiger partial charge < -0.3 is 15.5 Å². The molecule has 1 spiro atoms. The number of hydrogen-bond acceptors (Lipinski definition) is 4. The van der Waals surface area contributed by atoms with E-state index in [0.29, 0.717) is 13.1 Å². The molecule has 1 aromatic rings. The molecule has 0 unspecified atom stereocenters. The van der Waals surface area contributed by atoms with Gasteiger partial charge in [-0.2, -0.15) is 0 Å². The van der Waals surface area contributed by atoms with E-state index in [1.807, 2.05) is 11.0 Å². The van der Waals surface area contributed by atoms with Crippen LogP contribution in [0, 0.1) is 5.41 Å². The number of rotatable bonds is 1. The predicted molar refractivity (Wildman–Crippen MR) is 81.1 cm³/mol. The Morgan fingerprint density at radius 3 is 2.67 bits per heavy atom. The quantitative estimate of drug-likeness (QED) is 0.851. The summed E-state index contributed by atoms with van der Waals surface area (Å²) in [6.07, 6.45) is 2.58. The highest BCUT2D eigenvalue weighted by Gasteiger charge is 2.46. The Morgan fingerprint density at radius 1 is 1.29 bits per heavy atom. The highest BCUT2D eigenvalue weighted by atomic mass is 19.1. The Balaban J connectivity index is 1.59. The van der Waals surface area contributed by atoms with Gasteiger partial charge in [-0.15, -0.1) is 0 Å². The molecule has 0 aromatic carbocycles. The summed E-state index contributed by atoms with van der Waals surface area (Å²) in [4.78, 5) is 9.18. The fraction of sp³-hybridized carbons (Fsp3) is 0.688. The number of nitrogens with zero attached hydrogens (tertiary/aromatic N) is 3. The van der Waals surface area contributed by atoms with Gasteiger partial charge in [0.05, 0.1) is 13.1 Å². The molecular weight excluding hydrogens is 267 g/mol. The van der Waals surface area contributed by atoms with Gasteiger partial charge in [-0.3, -0.25) is 0 Å². The maximum absolute atomic E-state index is 13.0. The van der Waals surface area contributed by atoms with Crippen molar-refractivity contribution in [2.24, 2.45) is 11.1 Å². The van der Waals surface area contributed by atoms with E-state index in [1.54, 1.807) is 0 Å².